The van der Waals surface area contributed by atoms with Gasteiger partial charge in [-0.2, -0.15) is 0 Å². The normalized spacial score (nSPS) is 22.2. The number of amidine groups is 1. The molecule has 4 rings (SSSR count). The summed E-state index contributed by atoms with van der Waals surface area (Å²) in [6.45, 7) is 0.589. The van der Waals surface area contributed by atoms with E-state index >= 15 is 0 Å². The minimum Gasteiger partial charge on any atom is -0.285 e. The molecule has 1 unspecified atom stereocenters. The third kappa shape index (κ3) is 3.70. The number of rotatable bonds is 4. The van der Waals surface area contributed by atoms with Crippen LogP contribution in [0, 0.1) is 0 Å². The molecular weight excluding hydrogens is 378 g/mol. The lowest BCUT2D eigenvalue weighted by molar-refractivity contribution is -0.122. The van der Waals surface area contributed by atoms with Gasteiger partial charge in [0.1, 0.15) is 5.70 Å². The molecule has 0 bridgehead atoms. The number of aliphatic imine (C=N–C) groups is 2. The van der Waals surface area contributed by atoms with E-state index < -0.39 is 0 Å². The van der Waals surface area contributed by atoms with Gasteiger partial charge in [-0.25, -0.2) is 4.99 Å². The molecule has 3 aliphatic rings. The van der Waals surface area contributed by atoms with E-state index in [0.717, 1.165) is 17.2 Å². The molecule has 1 atom stereocenters. The number of benzene rings is 1. The van der Waals surface area contributed by atoms with Gasteiger partial charge in [0.25, 0.3) is 5.91 Å². The Hall–Kier alpha value is -2.37. The van der Waals surface area contributed by atoms with Gasteiger partial charge >= 0.3 is 0 Å². The molecule has 0 N–H and O–H groups in total. The number of fused-ring (bicyclic) bond motifs is 1. The molecule has 1 amide bonds. The molecule has 4 nitrogen and oxygen atoms in total. The molecule has 6 heteroatoms. The van der Waals surface area contributed by atoms with Gasteiger partial charge in [0.05, 0.1) is 6.04 Å². The summed E-state index contributed by atoms with van der Waals surface area (Å²) < 4.78 is 0. The van der Waals surface area contributed by atoms with Gasteiger partial charge in [-0.3, -0.25) is 14.7 Å². The fraction of sp³-hybridized carbons (Fsp3) is 0.190. The van der Waals surface area contributed by atoms with Crippen LogP contribution in [0.4, 0.5) is 0 Å². The Kier molecular flexibility index (Phi) is 5.14. The quantitative estimate of drug-likeness (QED) is 0.704. The van der Waals surface area contributed by atoms with E-state index in [9.17, 15) is 4.79 Å². The first-order chi connectivity index (χ1) is 13.2. The smallest absolute Gasteiger partial charge is 0.278 e. The standard InChI is InChI=1S/C21H18ClN3OS/c1-27-21-24-19(12-14-6-8-16(22)9-7-14)20(26)25(21)11-10-15-13-23-18-5-3-2-4-17(15)18/h2-9,12-13,18H,10-11H2,1H3/b19-12-. The first-order valence-corrected chi connectivity index (χ1v) is 10.3. The molecule has 2 heterocycles. The van der Waals surface area contributed by atoms with Gasteiger partial charge in [-0.1, -0.05) is 59.8 Å². The van der Waals surface area contributed by atoms with E-state index in [1.165, 1.54) is 22.9 Å². The highest BCUT2D eigenvalue weighted by molar-refractivity contribution is 8.13. The molecule has 2 aliphatic heterocycles. The number of nitrogens with zero attached hydrogens (tertiary/aromatic N) is 3. The molecule has 0 aromatic heterocycles. The summed E-state index contributed by atoms with van der Waals surface area (Å²) in [7, 11) is 0. The molecule has 27 heavy (non-hydrogen) atoms. The maximum Gasteiger partial charge on any atom is 0.278 e. The lowest BCUT2D eigenvalue weighted by Gasteiger charge is -2.17. The van der Waals surface area contributed by atoms with Crippen LogP contribution in [0.25, 0.3) is 6.08 Å². The van der Waals surface area contributed by atoms with Gasteiger partial charge in [-0.15, -0.1) is 0 Å². The lowest BCUT2D eigenvalue weighted by atomic mass is 9.98. The molecule has 1 aliphatic carbocycles. The van der Waals surface area contributed by atoms with E-state index in [1.54, 1.807) is 23.1 Å². The van der Waals surface area contributed by atoms with Crippen molar-refractivity contribution in [1.29, 1.82) is 0 Å². The first-order valence-electron chi connectivity index (χ1n) is 8.68. The highest BCUT2D eigenvalue weighted by Gasteiger charge is 2.30. The maximum absolute atomic E-state index is 12.9. The second kappa shape index (κ2) is 7.71. The predicted octanol–water partition coefficient (Wildman–Crippen LogP) is 4.51. The SMILES string of the molecule is CSC1=N/C(=C\c2ccc(Cl)cc2)C(=O)N1CCC1=C2C=CC=CC2N=C1. The zero-order chi connectivity index (χ0) is 18.8. The van der Waals surface area contributed by atoms with Gasteiger partial charge < -0.3 is 0 Å². The Bertz CT molecular complexity index is 954. The Labute approximate surface area is 167 Å². The van der Waals surface area contributed by atoms with Crippen molar-refractivity contribution in [3.63, 3.8) is 0 Å². The van der Waals surface area contributed by atoms with Crippen molar-refractivity contribution in [3.8, 4) is 0 Å². The number of hydrogen-bond donors (Lipinski definition) is 0. The van der Waals surface area contributed by atoms with Gasteiger partial charge in [0, 0.05) is 17.8 Å². The Balaban J connectivity index is 1.50. The van der Waals surface area contributed by atoms with E-state index in [1.807, 2.05) is 36.8 Å². The van der Waals surface area contributed by atoms with Gasteiger partial charge in [-0.05, 0) is 47.6 Å². The van der Waals surface area contributed by atoms with Crippen LogP contribution in [0.2, 0.25) is 5.02 Å². The van der Waals surface area contributed by atoms with Crippen molar-refractivity contribution < 1.29 is 4.79 Å². The predicted molar refractivity (Wildman–Crippen MR) is 114 cm³/mol. The van der Waals surface area contributed by atoms with Crippen LogP contribution in [0.15, 0.2) is 75.4 Å². The van der Waals surface area contributed by atoms with Crippen molar-refractivity contribution in [3.05, 3.63) is 76.0 Å². The third-order valence-corrected chi connectivity index (χ3v) is 5.56. The second-order valence-electron chi connectivity index (χ2n) is 6.33. The fourth-order valence-electron chi connectivity index (χ4n) is 3.24. The number of hydrogen-bond acceptors (Lipinski definition) is 4. The zero-order valence-corrected chi connectivity index (χ0v) is 16.4. The molecule has 0 saturated carbocycles. The Morgan fingerprint density at radius 2 is 2.07 bits per heavy atom. The summed E-state index contributed by atoms with van der Waals surface area (Å²) in [5, 5.41) is 1.40. The van der Waals surface area contributed by atoms with Crippen LogP contribution in [0.1, 0.15) is 12.0 Å². The minimum absolute atomic E-state index is 0.0644. The maximum atomic E-state index is 12.9. The molecular formula is C21H18ClN3OS. The number of thioether (sulfide) groups is 1. The largest absolute Gasteiger partial charge is 0.285 e. The summed E-state index contributed by atoms with van der Waals surface area (Å²) >= 11 is 7.41. The number of carbonyl (C=O) groups is 1. The molecule has 136 valence electrons. The fourth-order valence-corrected chi connectivity index (χ4v) is 3.95. The van der Waals surface area contributed by atoms with E-state index in [4.69, 9.17) is 11.6 Å². The summed E-state index contributed by atoms with van der Waals surface area (Å²) in [5.41, 5.74) is 3.77. The van der Waals surface area contributed by atoms with Crippen molar-refractivity contribution in [1.82, 2.24) is 4.90 Å². The Morgan fingerprint density at radius 3 is 2.85 bits per heavy atom. The van der Waals surface area contributed by atoms with Crippen LogP contribution in [-0.2, 0) is 4.79 Å². The highest BCUT2D eigenvalue weighted by Crippen LogP contribution is 2.28. The van der Waals surface area contributed by atoms with Crippen LogP contribution in [0.5, 0.6) is 0 Å². The number of carbonyl (C=O) groups excluding carboxylic acids is 1. The molecule has 0 saturated heterocycles. The molecule has 0 radical (unpaired) electrons. The summed E-state index contributed by atoms with van der Waals surface area (Å²) in [6, 6.07) is 7.50. The van der Waals surface area contributed by atoms with E-state index in [2.05, 4.69) is 22.1 Å². The van der Waals surface area contributed by atoms with Crippen molar-refractivity contribution in [2.24, 2.45) is 9.98 Å². The summed E-state index contributed by atoms with van der Waals surface area (Å²) in [4.78, 5) is 23.7. The van der Waals surface area contributed by atoms with E-state index in [-0.39, 0.29) is 11.9 Å². The van der Waals surface area contributed by atoms with Crippen LogP contribution in [-0.4, -0.2) is 41.0 Å². The van der Waals surface area contributed by atoms with E-state index in [0.29, 0.717) is 17.3 Å². The van der Waals surface area contributed by atoms with Crippen LogP contribution < -0.4 is 0 Å². The minimum atomic E-state index is -0.0644. The summed E-state index contributed by atoms with van der Waals surface area (Å²) in [5.74, 6) is -0.0644. The van der Waals surface area contributed by atoms with Gasteiger partial charge in [0.15, 0.2) is 5.17 Å². The van der Waals surface area contributed by atoms with Crippen molar-refractivity contribution >= 4 is 46.7 Å². The van der Waals surface area contributed by atoms with Crippen LogP contribution in [0.3, 0.4) is 0 Å². The highest BCUT2D eigenvalue weighted by atomic mass is 35.5. The average Bonchev–Trinajstić information content (AvgIpc) is 3.23. The summed E-state index contributed by atoms with van der Waals surface area (Å²) in [6.07, 6.45) is 14.7. The molecule has 1 aromatic carbocycles. The topological polar surface area (TPSA) is 45.0 Å². The molecule has 0 fully saturated rings. The number of allylic oxidation sites excluding steroid dienone is 2. The number of halogens is 1. The third-order valence-electron chi connectivity index (χ3n) is 4.63. The molecule has 1 aromatic rings. The molecule has 0 spiro atoms. The van der Waals surface area contributed by atoms with Crippen molar-refractivity contribution in [2.75, 3.05) is 12.8 Å². The Morgan fingerprint density at radius 1 is 1.26 bits per heavy atom. The van der Waals surface area contributed by atoms with Gasteiger partial charge in [0.2, 0.25) is 0 Å². The average molecular weight is 396 g/mol. The first kappa shape index (κ1) is 18.0. The zero-order valence-electron chi connectivity index (χ0n) is 14.8. The monoisotopic (exact) mass is 395 g/mol. The lowest BCUT2D eigenvalue weighted by Crippen LogP contribution is -2.31. The second-order valence-corrected chi connectivity index (χ2v) is 7.54. The van der Waals surface area contributed by atoms with Crippen molar-refractivity contribution in [2.45, 2.75) is 12.5 Å². The number of amides is 1. The van der Waals surface area contributed by atoms with Crippen LogP contribution >= 0.6 is 23.4 Å².